The van der Waals surface area contributed by atoms with Gasteiger partial charge in [0.25, 0.3) is 0 Å². The van der Waals surface area contributed by atoms with Gasteiger partial charge in [0.1, 0.15) is 0 Å². The largest absolute Gasteiger partial charge is 0.309 e. The number of benzene rings is 8. The first-order valence-corrected chi connectivity index (χ1v) is 18.5. The van der Waals surface area contributed by atoms with Crippen molar-refractivity contribution in [2.45, 2.75) is 26.2 Å². The van der Waals surface area contributed by atoms with E-state index in [1.165, 1.54) is 82.9 Å². The van der Waals surface area contributed by atoms with Gasteiger partial charge >= 0.3 is 0 Å². The maximum absolute atomic E-state index is 7.55. The lowest BCUT2D eigenvalue weighted by atomic mass is 9.85. The fourth-order valence-electron chi connectivity index (χ4n) is 8.34. The Hall–Kier alpha value is -6.51. The van der Waals surface area contributed by atoms with Gasteiger partial charge in [-0.1, -0.05) is 152 Å². The van der Waals surface area contributed by atoms with Gasteiger partial charge in [-0.05, 0) is 117 Å². The molecule has 2 heteroatoms. The Labute approximate surface area is 310 Å². The molecule has 53 heavy (non-hydrogen) atoms. The highest BCUT2D eigenvalue weighted by Crippen LogP contribution is 2.38. The molecule has 0 bridgehead atoms. The molecule has 0 radical (unpaired) electrons. The van der Waals surface area contributed by atoms with Gasteiger partial charge in [-0.15, -0.1) is 0 Å². The van der Waals surface area contributed by atoms with Gasteiger partial charge in [-0.3, -0.25) is 0 Å². The summed E-state index contributed by atoms with van der Waals surface area (Å²) in [5.74, 6) is 0. The van der Waals surface area contributed by atoms with Gasteiger partial charge in [0.15, 0.2) is 0 Å². The van der Waals surface area contributed by atoms with E-state index in [4.69, 9.17) is 5.41 Å². The van der Waals surface area contributed by atoms with Crippen LogP contribution in [0.2, 0.25) is 0 Å². The first-order valence-electron chi connectivity index (χ1n) is 18.5. The van der Waals surface area contributed by atoms with Gasteiger partial charge in [0.2, 0.25) is 0 Å². The maximum Gasteiger partial charge on any atom is 0.0541 e. The first-order chi connectivity index (χ1) is 26.2. The Morgan fingerprint density at radius 2 is 1.23 bits per heavy atom. The van der Waals surface area contributed by atoms with Crippen molar-refractivity contribution in [2.24, 2.45) is 0 Å². The highest BCUT2D eigenvalue weighted by atomic mass is 15.0. The zero-order valence-electron chi connectivity index (χ0n) is 29.9. The third kappa shape index (κ3) is 6.03. The molecule has 0 atom stereocenters. The molecule has 254 valence electrons. The lowest BCUT2D eigenvalue weighted by Gasteiger charge is -2.19. The molecular formula is C51H40N2. The van der Waals surface area contributed by atoms with Gasteiger partial charge in [0.05, 0.1) is 11.0 Å². The van der Waals surface area contributed by atoms with Crippen molar-refractivity contribution in [3.63, 3.8) is 0 Å². The highest BCUT2D eigenvalue weighted by molar-refractivity contribution is 6.13. The highest BCUT2D eigenvalue weighted by Gasteiger charge is 2.16. The van der Waals surface area contributed by atoms with Crippen LogP contribution in [-0.2, 0) is 12.8 Å². The Kier molecular flexibility index (Phi) is 8.50. The molecule has 0 saturated heterocycles. The normalized spacial score (nSPS) is 12.2. The Morgan fingerprint density at radius 3 is 1.98 bits per heavy atom. The topological polar surface area (TPSA) is 28.8 Å². The van der Waals surface area contributed by atoms with Gasteiger partial charge < -0.3 is 9.98 Å². The number of hydrogen-bond acceptors (Lipinski definition) is 1. The summed E-state index contributed by atoms with van der Waals surface area (Å²) in [7, 11) is 0. The standard InChI is InChI=1S/C31H24.C20H16N2/c1-2-10-23(11-3-1)25-13-5-4-12-24(25)20-22-18-19-30-28-16-7-6-14-26(28)27-15-8-9-17-29(27)31(30)21-22;1-14-10-15(13-21)12-16(11-14)22-19-8-4-2-6-17(19)18-7-3-5-9-20(18)22/h1-7,9-14,16-19,21H,8,15,20H2;2-13,21H,1H3. The van der Waals surface area contributed by atoms with E-state index in [9.17, 15) is 0 Å². The quantitative estimate of drug-likeness (QED) is 0.138. The zero-order valence-corrected chi connectivity index (χ0v) is 29.9. The summed E-state index contributed by atoms with van der Waals surface area (Å²) >= 11 is 0. The summed E-state index contributed by atoms with van der Waals surface area (Å²) in [5, 5.41) is 15.6. The molecule has 0 spiro atoms. The summed E-state index contributed by atoms with van der Waals surface area (Å²) in [4.78, 5) is 0. The molecule has 0 amide bonds. The fraction of sp³-hybridized carbons (Fsp3) is 0.0784. The van der Waals surface area contributed by atoms with Crippen molar-refractivity contribution in [3.05, 3.63) is 203 Å². The van der Waals surface area contributed by atoms with E-state index in [-0.39, 0.29) is 0 Å². The zero-order chi connectivity index (χ0) is 35.7. The first kappa shape index (κ1) is 32.4. The second-order valence-corrected chi connectivity index (χ2v) is 14.1. The van der Waals surface area contributed by atoms with Crippen molar-refractivity contribution in [1.82, 2.24) is 4.57 Å². The van der Waals surface area contributed by atoms with Crippen LogP contribution in [0.1, 0.15) is 39.8 Å². The average Bonchev–Trinajstić information content (AvgIpc) is 3.56. The molecule has 0 saturated carbocycles. The van der Waals surface area contributed by atoms with E-state index < -0.39 is 0 Å². The maximum atomic E-state index is 7.55. The second kappa shape index (κ2) is 13.9. The van der Waals surface area contributed by atoms with E-state index in [1.807, 2.05) is 6.07 Å². The number of aromatic nitrogens is 1. The minimum Gasteiger partial charge on any atom is -0.309 e. The van der Waals surface area contributed by atoms with E-state index >= 15 is 0 Å². The second-order valence-electron chi connectivity index (χ2n) is 14.1. The number of nitrogens with zero attached hydrogens (tertiary/aromatic N) is 1. The minimum absolute atomic E-state index is 0.928. The Bertz CT molecular complexity index is 2780. The van der Waals surface area contributed by atoms with Gasteiger partial charge in [-0.25, -0.2) is 0 Å². The Morgan fingerprint density at radius 1 is 0.585 bits per heavy atom. The van der Waals surface area contributed by atoms with E-state index in [2.05, 4.69) is 181 Å². The molecule has 1 aromatic heterocycles. The number of aryl methyl sites for hydroxylation is 2. The predicted molar refractivity (Wildman–Crippen MR) is 227 cm³/mol. The van der Waals surface area contributed by atoms with Crippen LogP contribution in [0, 0.1) is 12.3 Å². The Balaban J connectivity index is 0.000000149. The van der Waals surface area contributed by atoms with Crippen LogP contribution in [-0.4, -0.2) is 10.8 Å². The number of hydrogen-bond donors (Lipinski definition) is 1. The number of allylic oxidation sites excluding steroid dienone is 1. The van der Waals surface area contributed by atoms with Crippen molar-refractivity contribution < 1.29 is 0 Å². The van der Waals surface area contributed by atoms with Crippen LogP contribution in [0.5, 0.6) is 0 Å². The number of fused-ring (bicyclic) bond motifs is 9. The fourth-order valence-corrected chi connectivity index (χ4v) is 8.34. The SMILES string of the molecule is C1=Cc2c(c3ccccc3c3ccc(Cc4ccccc4-c4ccccc4)cc23)CC1.Cc1cc(C=N)cc(-n2c3ccccc3c3ccccc32)c1. The van der Waals surface area contributed by atoms with Crippen LogP contribution in [0.3, 0.4) is 0 Å². The molecule has 9 aromatic rings. The molecular weight excluding hydrogens is 641 g/mol. The lowest BCUT2D eigenvalue weighted by Crippen LogP contribution is -1.99. The number of rotatable bonds is 5. The van der Waals surface area contributed by atoms with E-state index in [0.717, 1.165) is 36.1 Å². The summed E-state index contributed by atoms with van der Waals surface area (Å²) in [5.41, 5.74) is 13.9. The summed E-state index contributed by atoms with van der Waals surface area (Å²) in [6.07, 6.45) is 9.27. The molecule has 10 rings (SSSR count). The van der Waals surface area contributed by atoms with Gasteiger partial charge in [0, 0.05) is 22.7 Å². The summed E-state index contributed by atoms with van der Waals surface area (Å²) in [6.45, 7) is 2.07. The monoisotopic (exact) mass is 680 g/mol. The van der Waals surface area contributed by atoms with E-state index in [1.54, 1.807) is 0 Å². The van der Waals surface area contributed by atoms with Crippen LogP contribution in [0.25, 0.3) is 66.2 Å². The molecule has 0 fully saturated rings. The number of nitrogens with one attached hydrogen (secondary N) is 1. The molecule has 1 heterocycles. The molecule has 0 aliphatic heterocycles. The summed E-state index contributed by atoms with van der Waals surface area (Å²) < 4.78 is 2.28. The molecule has 2 nitrogen and oxygen atoms in total. The van der Waals surface area contributed by atoms with Crippen LogP contribution >= 0.6 is 0 Å². The minimum atomic E-state index is 0.928. The third-order valence-electron chi connectivity index (χ3n) is 10.7. The van der Waals surface area contributed by atoms with E-state index in [0.29, 0.717) is 0 Å². The van der Waals surface area contributed by atoms with Crippen molar-refractivity contribution in [2.75, 3.05) is 0 Å². The lowest BCUT2D eigenvalue weighted by molar-refractivity contribution is 1.00. The van der Waals surface area contributed by atoms with Crippen molar-refractivity contribution >= 4 is 55.6 Å². The molecule has 8 aromatic carbocycles. The van der Waals surface area contributed by atoms with Crippen LogP contribution in [0.15, 0.2) is 170 Å². The van der Waals surface area contributed by atoms with Crippen molar-refractivity contribution in [3.8, 4) is 16.8 Å². The smallest absolute Gasteiger partial charge is 0.0541 e. The number of para-hydroxylation sites is 2. The van der Waals surface area contributed by atoms with Crippen LogP contribution in [0.4, 0.5) is 0 Å². The van der Waals surface area contributed by atoms with Crippen molar-refractivity contribution in [1.29, 1.82) is 5.41 Å². The molecule has 1 aliphatic rings. The molecule has 1 N–H and O–H groups in total. The summed E-state index contributed by atoms with van der Waals surface area (Å²) in [6, 6.07) is 58.7. The molecule has 1 aliphatic carbocycles. The van der Waals surface area contributed by atoms with Crippen LogP contribution < -0.4 is 0 Å². The average molecular weight is 681 g/mol. The predicted octanol–water partition coefficient (Wildman–Crippen LogP) is 13.3. The van der Waals surface area contributed by atoms with Gasteiger partial charge in [-0.2, -0.15) is 0 Å². The third-order valence-corrected chi connectivity index (χ3v) is 10.7. The molecule has 0 unspecified atom stereocenters.